The molecule has 1 unspecified atom stereocenters. The average Bonchev–Trinajstić information content (AvgIpc) is 3.04. The number of hydrogen-bond acceptors (Lipinski definition) is 4. The van der Waals surface area contributed by atoms with Crippen molar-refractivity contribution in [3.63, 3.8) is 0 Å². The van der Waals surface area contributed by atoms with E-state index in [4.69, 9.17) is 4.52 Å². The molecule has 2 heterocycles. The van der Waals surface area contributed by atoms with Crippen LogP contribution in [-0.4, -0.2) is 29.6 Å². The van der Waals surface area contributed by atoms with Gasteiger partial charge in [0.1, 0.15) is 5.76 Å². The van der Waals surface area contributed by atoms with E-state index in [1.165, 1.54) is 0 Å². The Morgan fingerprint density at radius 1 is 1.39 bits per heavy atom. The van der Waals surface area contributed by atoms with Crippen molar-refractivity contribution in [2.45, 2.75) is 32.7 Å². The first-order valence-corrected chi connectivity index (χ1v) is 7.60. The fourth-order valence-electron chi connectivity index (χ4n) is 2.79. The summed E-state index contributed by atoms with van der Waals surface area (Å²) in [5.74, 6) is 0.390. The molecule has 0 spiro atoms. The molecule has 1 aliphatic rings. The Labute approximate surface area is 134 Å². The minimum Gasteiger partial charge on any atom is -0.361 e. The van der Waals surface area contributed by atoms with Crippen molar-refractivity contribution in [2.24, 2.45) is 0 Å². The SMILES string of the molecule is Cc1cccc(N2CC(NC(=O)Cc3cc(C)no3)CC2=O)c1. The summed E-state index contributed by atoms with van der Waals surface area (Å²) in [7, 11) is 0. The predicted octanol–water partition coefficient (Wildman–Crippen LogP) is 1.76. The summed E-state index contributed by atoms with van der Waals surface area (Å²) >= 11 is 0. The number of nitrogens with zero attached hydrogens (tertiary/aromatic N) is 2. The molecule has 6 nitrogen and oxygen atoms in total. The van der Waals surface area contributed by atoms with Gasteiger partial charge < -0.3 is 14.7 Å². The van der Waals surface area contributed by atoms with Crippen LogP contribution in [0.1, 0.15) is 23.4 Å². The van der Waals surface area contributed by atoms with Gasteiger partial charge in [-0.25, -0.2) is 0 Å². The summed E-state index contributed by atoms with van der Waals surface area (Å²) in [5, 5.41) is 6.65. The summed E-state index contributed by atoms with van der Waals surface area (Å²) in [6.45, 7) is 4.28. The van der Waals surface area contributed by atoms with Crippen LogP contribution in [0.4, 0.5) is 5.69 Å². The fourth-order valence-corrected chi connectivity index (χ4v) is 2.79. The van der Waals surface area contributed by atoms with Gasteiger partial charge in [-0.3, -0.25) is 9.59 Å². The zero-order valence-electron chi connectivity index (χ0n) is 13.2. The second-order valence-electron chi connectivity index (χ2n) is 5.92. The van der Waals surface area contributed by atoms with Gasteiger partial charge >= 0.3 is 0 Å². The van der Waals surface area contributed by atoms with Crippen molar-refractivity contribution in [1.29, 1.82) is 0 Å². The van der Waals surface area contributed by atoms with Gasteiger partial charge in [0.15, 0.2) is 0 Å². The smallest absolute Gasteiger partial charge is 0.229 e. The number of amides is 2. The van der Waals surface area contributed by atoms with Crippen LogP contribution in [-0.2, 0) is 16.0 Å². The number of anilines is 1. The molecule has 23 heavy (non-hydrogen) atoms. The lowest BCUT2D eigenvalue weighted by Gasteiger charge is -2.17. The van der Waals surface area contributed by atoms with Crippen LogP contribution in [0.5, 0.6) is 0 Å². The van der Waals surface area contributed by atoms with E-state index >= 15 is 0 Å². The van der Waals surface area contributed by atoms with Crippen LogP contribution in [0, 0.1) is 13.8 Å². The van der Waals surface area contributed by atoms with Gasteiger partial charge in [-0.1, -0.05) is 17.3 Å². The van der Waals surface area contributed by atoms with Gasteiger partial charge in [0.05, 0.1) is 18.2 Å². The molecule has 0 radical (unpaired) electrons. The molecule has 2 aromatic rings. The van der Waals surface area contributed by atoms with Gasteiger partial charge in [-0.2, -0.15) is 0 Å². The molecule has 0 saturated carbocycles. The van der Waals surface area contributed by atoms with Crippen LogP contribution in [0.15, 0.2) is 34.9 Å². The van der Waals surface area contributed by atoms with E-state index in [0.29, 0.717) is 18.7 Å². The van der Waals surface area contributed by atoms with E-state index in [9.17, 15) is 9.59 Å². The monoisotopic (exact) mass is 313 g/mol. The van der Waals surface area contributed by atoms with E-state index in [-0.39, 0.29) is 24.3 Å². The third-order valence-corrected chi connectivity index (χ3v) is 3.82. The minimum absolute atomic E-state index is 0.0245. The largest absolute Gasteiger partial charge is 0.361 e. The van der Waals surface area contributed by atoms with Crippen LogP contribution in [0.3, 0.4) is 0 Å². The van der Waals surface area contributed by atoms with E-state index < -0.39 is 0 Å². The number of rotatable bonds is 4. The van der Waals surface area contributed by atoms with Gasteiger partial charge in [0.2, 0.25) is 11.8 Å². The second-order valence-corrected chi connectivity index (χ2v) is 5.92. The zero-order valence-corrected chi connectivity index (χ0v) is 13.2. The first-order valence-electron chi connectivity index (χ1n) is 7.60. The zero-order chi connectivity index (χ0) is 16.4. The summed E-state index contributed by atoms with van der Waals surface area (Å²) in [5.41, 5.74) is 2.72. The van der Waals surface area contributed by atoms with Crippen molar-refractivity contribution in [2.75, 3.05) is 11.4 Å². The molecular formula is C17H19N3O3. The number of aryl methyl sites for hydroxylation is 2. The van der Waals surface area contributed by atoms with Crippen LogP contribution in [0.25, 0.3) is 0 Å². The highest BCUT2D eigenvalue weighted by molar-refractivity contribution is 5.97. The van der Waals surface area contributed by atoms with Gasteiger partial charge in [0.25, 0.3) is 0 Å². The Kier molecular flexibility index (Phi) is 4.14. The molecule has 1 fully saturated rings. The molecule has 1 saturated heterocycles. The third-order valence-electron chi connectivity index (χ3n) is 3.82. The summed E-state index contributed by atoms with van der Waals surface area (Å²) < 4.78 is 5.04. The molecule has 6 heteroatoms. The Balaban J connectivity index is 1.60. The molecule has 1 aromatic carbocycles. The number of benzene rings is 1. The summed E-state index contributed by atoms with van der Waals surface area (Å²) in [6.07, 6.45) is 0.449. The van der Waals surface area contributed by atoms with E-state index in [2.05, 4.69) is 10.5 Å². The molecule has 1 N–H and O–H groups in total. The highest BCUT2D eigenvalue weighted by atomic mass is 16.5. The Morgan fingerprint density at radius 2 is 2.22 bits per heavy atom. The van der Waals surface area contributed by atoms with Crippen molar-refractivity contribution in [3.05, 3.63) is 47.3 Å². The molecular weight excluding hydrogens is 294 g/mol. The quantitative estimate of drug-likeness (QED) is 0.933. The van der Waals surface area contributed by atoms with Crippen LogP contribution in [0.2, 0.25) is 0 Å². The summed E-state index contributed by atoms with van der Waals surface area (Å²) in [6, 6.07) is 9.35. The maximum absolute atomic E-state index is 12.2. The number of aromatic nitrogens is 1. The van der Waals surface area contributed by atoms with E-state index in [1.807, 2.05) is 31.2 Å². The maximum atomic E-state index is 12.2. The first-order chi connectivity index (χ1) is 11.0. The second kappa shape index (κ2) is 6.24. The van der Waals surface area contributed by atoms with Gasteiger partial charge in [0, 0.05) is 24.7 Å². The first kappa shape index (κ1) is 15.3. The van der Waals surface area contributed by atoms with Crippen molar-refractivity contribution in [1.82, 2.24) is 10.5 Å². The number of nitrogens with one attached hydrogen (secondary N) is 1. The van der Waals surface area contributed by atoms with Crippen LogP contribution < -0.4 is 10.2 Å². The standard InChI is InChI=1S/C17H19N3O3/c1-11-4-3-5-14(6-11)20-10-13(8-17(20)22)18-16(21)9-15-7-12(2)19-23-15/h3-7,13H,8-10H2,1-2H3,(H,18,21). The van der Waals surface area contributed by atoms with E-state index in [0.717, 1.165) is 16.9 Å². The Morgan fingerprint density at radius 3 is 2.91 bits per heavy atom. The van der Waals surface area contributed by atoms with Gasteiger partial charge in [-0.15, -0.1) is 0 Å². The predicted molar refractivity (Wildman–Crippen MR) is 85.0 cm³/mol. The van der Waals surface area contributed by atoms with Crippen LogP contribution >= 0.6 is 0 Å². The van der Waals surface area contributed by atoms with E-state index in [1.54, 1.807) is 17.9 Å². The number of carbonyl (C=O) groups is 2. The number of hydrogen-bond donors (Lipinski definition) is 1. The van der Waals surface area contributed by atoms with Crippen molar-refractivity contribution in [3.8, 4) is 0 Å². The topological polar surface area (TPSA) is 75.4 Å². The Hall–Kier alpha value is -2.63. The molecule has 3 rings (SSSR count). The maximum Gasteiger partial charge on any atom is 0.229 e. The molecule has 0 bridgehead atoms. The normalized spacial score (nSPS) is 17.6. The molecule has 120 valence electrons. The van der Waals surface area contributed by atoms with Crippen molar-refractivity contribution >= 4 is 17.5 Å². The molecule has 1 aliphatic heterocycles. The van der Waals surface area contributed by atoms with Gasteiger partial charge in [-0.05, 0) is 31.5 Å². The Bertz CT molecular complexity index is 738. The molecule has 0 aliphatic carbocycles. The lowest BCUT2D eigenvalue weighted by molar-refractivity contribution is -0.121. The lowest BCUT2D eigenvalue weighted by atomic mass is 10.2. The molecule has 1 atom stereocenters. The van der Waals surface area contributed by atoms with Crippen molar-refractivity contribution < 1.29 is 14.1 Å². The highest BCUT2D eigenvalue weighted by Gasteiger charge is 2.31. The molecule has 2 amide bonds. The average molecular weight is 313 g/mol. The fraction of sp³-hybridized carbons (Fsp3) is 0.353. The third kappa shape index (κ3) is 3.59. The minimum atomic E-state index is -0.181. The molecule has 1 aromatic heterocycles. The number of carbonyl (C=O) groups excluding carboxylic acids is 2. The lowest BCUT2D eigenvalue weighted by Crippen LogP contribution is -2.38. The summed E-state index contributed by atoms with van der Waals surface area (Å²) in [4.78, 5) is 26.0. The highest BCUT2D eigenvalue weighted by Crippen LogP contribution is 2.22.